The summed E-state index contributed by atoms with van der Waals surface area (Å²) in [7, 11) is 6.71. The van der Waals surface area contributed by atoms with Crippen molar-refractivity contribution >= 4 is 12.1 Å². The van der Waals surface area contributed by atoms with Gasteiger partial charge in [-0.15, -0.1) is 0 Å². The molecule has 1 saturated heterocycles. The number of hydrogen-bond acceptors (Lipinski definition) is 10. The Morgan fingerprint density at radius 1 is 1.05 bits per heavy atom. The fourth-order valence-electron chi connectivity index (χ4n) is 5.31. The second kappa shape index (κ2) is 9.89. The number of likely N-dealkylation sites (N-methyl/N-ethyl adjacent to an activating group) is 1. The highest BCUT2D eigenvalue weighted by Crippen LogP contribution is 2.56. The van der Waals surface area contributed by atoms with E-state index in [1.54, 1.807) is 18.2 Å². The molecule has 11 heteroatoms. The Bertz CT molecular complexity index is 1190. The lowest BCUT2D eigenvalue weighted by molar-refractivity contribution is -0.144. The zero-order chi connectivity index (χ0) is 26.3. The Labute approximate surface area is 214 Å². The Kier molecular flexibility index (Phi) is 6.63. The number of ether oxygens (including phenoxy) is 6. The number of phenols is 1. The van der Waals surface area contributed by atoms with Gasteiger partial charge in [0.15, 0.2) is 23.0 Å². The van der Waals surface area contributed by atoms with E-state index in [-0.39, 0.29) is 42.5 Å². The molecule has 37 heavy (non-hydrogen) atoms. The van der Waals surface area contributed by atoms with Gasteiger partial charge < -0.3 is 43.7 Å². The second-order valence-electron chi connectivity index (χ2n) is 9.46. The van der Waals surface area contributed by atoms with Crippen molar-refractivity contribution in [3.63, 3.8) is 0 Å². The third-order valence-corrected chi connectivity index (χ3v) is 7.05. The van der Waals surface area contributed by atoms with Gasteiger partial charge in [0.2, 0.25) is 12.5 Å². The van der Waals surface area contributed by atoms with Crippen LogP contribution in [0.5, 0.6) is 28.7 Å². The number of amides is 1. The minimum atomic E-state index is -0.888. The zero-order valence-electron chi connectivity index (χ0n) is 21.1. The smallest absolute Gasteiger partial charge is 0.407 e. The Balaban J connectivity index is 1.61. The van der Waals surface area contributed by atoms with Gasteiger partial charge in [-0.05, 0) is 49.5 Å². The number of phenolic OH excluding ortho intramolecular Hbond substituents is 1. The Morgan fingerprint density at radius 2 is 1.70 bits per heavy atom. The van der Waals surface area contributed by atoms with Crippen LogP contribution in [-0.2, 0) is 14.3 Å². The molecule has 0 radical (unpaired) electrons. The van der Waals surface area contributed by atoms with Gasteiger partial charge in [0, 0.05) is 30.5 Å². The monoisotopic (exact) mass is 514 g/mol. The molecular weight excluding hydrogens is 484 g/mol. The largest absolute Gasteiger partial charge is 0.502 e. The number of fused-ring (bicyclic) bond motifs is 3. The third-order valence-electron chi connectivity index (χ3n) is 7.05. The molecule has 4 atom stereocenters. The van der Waals surface area contributed by atoms with E-state index >= 15 is 0 Å². The van der Waals surface area contributed by atoms with Crippen LogP contribution in [0.2, 0.25) is 0 Å². The van der Waals surface area contributed by atoms with E-state index in [0.29, 0.717) is 30.2 Å². The summed E-state index contributed by atoms with van der Waals surface area (Å²) in [6, 6.07) is 7.05. The molecule has 198 valence electrons. The van der Waals surface area contributed by atoms with Crippen LogP contribution in [0.15, 0.2) is 24.3 Å². The molecule has 2 aliphatic heterocycles. The number of esters is 1. The number of nitrogens with zero attached hydrogens (tertiary/aromatic N) is 1. The molecule has 0 bridgehead atoms. The molecule has 1 aliphatic carbocycles. The molecule has 2 aromatic carbocycles. The van der Waals surface area contributed by atoms with E-state index in [1.165, 1.54) is 14.2 Å². The molecule has 4 unspecified atom stereocenters. The van der Waals surface area contributed by atoms with E-state index in [1.807, 2.05) is 25.1 Å². The molecule has 0 saturated carbocycles. The number of alkyl carbamates (subject to hydrolysis) is 1. The van der Waals surface area contributed by atoms with Crippen molar-refractivity contribution in [2.24, 2.45) is 11.8 Å². The summed E-state index contributed by atoms with van der Waals surface area (Å²) in [4.78, 5) is 27.7. The first-order valence-corrected chi connectivity index (χ1v) is 12.0. The molecule has 2 heterocycles. The summed E-state index contributed by atoms with van der Waals surface area (Å²) in [5, 5.41) is 13.2. The van der Waals surface area contributed by atoms with Crippen LogP contribution in [0.1, 0.15) is 28.7 Å². The SMILES string of the molecule is COc1cc(C2c3cc4c(cc3C(OC(=O)NCCN(C)C)C3C(=O)OCC23)OCO4)cc(OC)c1O. The first-order valence-electron chi connectivity index (χ1n) is 12.0. The van der Waals surface area contributed by atoms with Crippen molar-refractivity contribution in [2.45, 2.75) is 12.0 Å². The zero-order valence-corrected chi connectivity index (χ0v) is 21.1. The maximum atomic E-state index is 13.0. The standard InChI is InChI=1S/C26H30N2O9/c1-28(2)6-5-27-26(31)37-24-15-10-18-17(35-12-36-18)9-14(15)21(16-11-34-25(30)22(16)24)13-7-19(32-3)23(29)20(8-13)33-4/h7-10,16,21-22,24,29H,5-6,11-12H2,1-4H3,(H,27,31). The molecule has 11 nitrogen and oxygen atoms in total. The number of carbonyl (C=O) groups excluding carboxylic acids is 2. The molecule has 0 aromatic heterocycles. The van der Waals surface area contributed by atoms with E-state index in [9.17, 15) is 14.7 Å². The molecule has 2 aromatic rings. The van der Waals surface area contributed by atoms with Gasteiger partial charge in [-0.25, -0.2) is 4.79 Å². The maximum absolute atomic E-state index is 13.0. The molecular formula is C26H30N2O9. The number of aromatic hydroxyl groups is 1. The Hall–Kier alpha value is -3.86. The van der Waals surface area contributed by atoms with E-state index < -0.39 is 24.1 Å². The average molecular weight is 515 g/mol. The van der Waals surface area contributed by atoms with Gasteiger partial charge in [-0.3, -0.25) is 4.79 Å². The number of carbonyl (C=O) groups is 2. The van der Waals surface area contributed by atoms with E-state index in [4.69, 9.17) is 28.4 Å². The Morgan fingerprint density at radius 3 is 2.32 bits per heavy atom. The number of hydrogen-bond donors (Lipinski definition) is 2. The third kappa shape index (κ3) is 4.43. The first kappa shape index (κ1) is 24.8. The molecule has 1 fully saturated rings. The summed E-state index contributed by atoms with van der Waals surface area (Å²) in [6.07, 6.45) is -1.51. The highest BCUT2D eigenvalue weighted by molar-refractivity contribution is 5.79. The van der Waals surface area contributed by atoms with Crippen molar-refractivity contribution in [3.05, 3.63) is 41.0 Å². The van der Waals surface area contributed by atoms with Crippen LogP contribution in [0.3, 0.4) is 0 Å². The minimum Gasteiger partial charge on any atom is -0.502 e. The summed E-state index contributed by atoms with van der Waals surface area (Å²) < 4.78 is 33.4. The maximum Gasteiger partial charge on any atom is 0.407 e. The number of nitrogens with one attached hydrogen (secondary N) is 1. The predicted octanol–water partition coefficient (Wildman–Crippen LogP) is 2.40. The average Bonchev–Trinajstić information content (AvgIpc) is 3.49. The summed E-state index contributed by atoms with van der Waals surface area (Å²) in [5.41, 5.74) is 2.17. The number of benzene rings is 2. The summed E-state index contributed by atoms with van der Waals surface area (Å²) in [5.74, 6) is -0.523. The lowest BCUT2D eigenvalue weighted by Crippen LogP contribution is -2.39. The van der Waals surface area contributed by atoms with E-state index in [2.05, 4.69) is 5.32 Å². The first-order chi connectivity index (χ1) is 17.8. The van der Waals surface area contributed by atoms with Crippen LogP contribution in [-0.4, -0.2) is 76.9 Å². The number of methoxy groups -OCH3 is 2. The number of rotatable bonds is 7. The van der Waals surface area contributed by atoms with Crippen molar-refractivity contribution in [1.29, 1.82) is 0 Å². The fraction of sp³-hybridized carbons (Fsp3) is 0.462. The fourth-order valence-corrected chi connectivity index (χ4v) is 5.31. The van der Waals surface area contributed by atoms with Gasteiger partial charge in [0.05, 0.1) is 20.8 Å². The van der Waals surface area contributed by atoms with Gasteiger partial charge in [-0.2, -0.15) is 0 Å². The molecule has 2 N–H and O–H groups in total. The van der Waals surface area contributed by atoms with Crippen molar-refractivity contribution in [1.82, 2.24) is 10.2 Å². The molecule has 1 amide bonds. The van der Waals surface area contributed by atoms with Crippen LogP contribution < -0.4 is 24.3 Å². The lowest BCUT2D eigenvalue weighted by atomic mass is 9.66. The van der Waals surface area contributed by atoms with Crippen LogP contribution in [0, 0.1) is 11.8 Å². The van der Waals surface area contributed by atoms with Crippen LogP contribution in [0.4, 0.5) is 4.79 Å². The second-order valence-corrected chi connectivity index (χ2v) is 9.46. The highest BCUT2D eigenvalue weighted by Gasteiger charge is 2.54. The minimum absolute atomic E-state index is 0.0647. The summed E-state index contributed by atoms with van der Waals surface area (Å²) >= 11 is 0. The normalized spacial score (nSPS) is 23.2. The van der Waals surface area contributed by atoms with E-state index in [0.717, 1.165) is 11.1 Å². The van der Waals surface area contributed by atoms with Crippen LogP contribution in [0.25, 0.3) is 0 Å². The van der Waals surface area contributed by atoms with Crippen molar-refractivity contribution in [3.8, 4) is 28.7 Å². The van der Waals surface area contributed by atoms with Gasteiger partial charge in [0.1, 0.15) is 12.0 Å². The van der Waals surface area contributed by atoms with Crippen molar-refractivity contribution < 1.29 is 43.1 Å². The summed E-state index contributed by atoms with van der Waals surface area (Å²) in [6.45, 7) is 1.22. The lowest BCUT2D eigenvalue weighted by Gasteiger charge is -2.38. The molecule has 0 spiro atoms. The van der Waals surface area contributed by atoms with Gasteiger partial charge in [-0.1, -0.05) is 0 Å². The number of cyclic esters (lactones) is 1. The van der Waals surface area contributed by atoms with Crippen molar-refractivity contribution in [2.75, 3.05) is 54.8 Å². The van der Waals surface area contributed by atoms with Gasteiger partial charge in [0.25, 0.3) is 0 Å². The molecule has 5 rings (SSSR count). The topological polar surface area (TPSA) is 125 Å². The predicted molar refractivity (Wildman–Crippen MR) is 129 cm³/mol. The highest BCUT2D eigenvalue weighted by atomic mass is 16.7. The van der Waals surface area contributed by atoms with Gasteiger partial charge >= 0.3 is 12.1 Å². The van der Waals surface area contributed by atoms with Crippen LogP contribution >= 0.6 is 0 Å². The molecule has 3 aliphatic rings. The quantitative estimate of drug-likeness (QED) is 0.532.